The minimum atomic E-state index is -1.17. The van der Waals surface area contributed by atoms with Gasteiger partial charge >= 0.3 is 5.97 Å². The molecule has 0 saturated heterocycles. The lowest BCUT2D eigenvalue weighted by Crippen LogP contribution is -2.32. The van der Waals surface area contributed by atoms with Crippen molar-refractivity contribution in [2.75, 3.05) is 0 Å². The van der Waals surface area contributed by atoms with Gasteiger partial charge in [0.1, 0.15) is 6.04 Å². The van der Waals surface area contributed by atoms with E-state index in [1.54, 1.807) is 0 Å². The number of hydrogen-bond donors (Lipinski definition) is 3. The highest BCUT2D eigenvalue weighted by molar-refractivity contribution is 5.73. The molecule has 0 amide bonds. The Balaban J connectivity index is 2.64. The number of carboxylic acid groups (broad SMARTS) is 1. The first-order valence-electron chi connectivity index (χ1n) is 3.27. The lowest BCUT2D eigenvalue weighted by molar-refractivity contribution is -0.138. The number of aromatic amines is 1. The van der Waals surface area contributed by atoms with Crippen LogP contribution in [0.3, 0.4) is 0 Å². The third kappa shape index (κ3) is 1.79. The monoisotopic (exact) mass is 173 g/mol. The van der Waals surface area contributed by atoms with E-state index in [0.717, 1.165) is 6.33 Å². The van der Waals surface area contributed by atoms with Crippen LogP contribution in [0.4, 0.5) is 4.39 Å². The van der Waals surface area contributed by atoms with Crippen molar-refractivity contribution in [3.8, 4) is 0 Å². The summed E-state index contributed by atoms with van der Waals surface area (Å²) in [6, 6.07) is -1.11. The number of nitrogens with zero attached hydrogens (tertiary/aromatic N) is 1. The van der Waals surface area contributed by atoms with Gasteiger partial charge in [0.2, 0.25) is 5.95 Å². The summed E-state index contributed by atoms with van der Waals surface area (Å²) in [6.07, 6.45) is 1.05. The van der Waals surface area contributed by atoms with Crippen LogP contribution in [0.1, 0.15) is 5.69 Å². The Morgan fingerprint density at radius 2 is 2.58 bits per heavy atom. The molecule has 0 bridgehead atoms. The Kier molecular flexibility index (Phi) is 2.39. The van der Waals surface area contributed by atoms with Crippen molar-refractivity contribution >= 4 is 5.97 Å². The first-order chi connectivity index (χ1) is 5.61. The molecule has 12 heavy (non-hydrogen) atoms. The van der Waals surface area contributed by atoms with Crippen LogP contribution < -0.4 is 5.73 Å². The predicted molar refractivity (Wildman–Crippen MR) is 37.9 cm³/mol. The van der Waals surface area contributed by atoms with Crippen LogP contribution in [0.15, 0.2) is 6.33 Å². The zero-order valence-electron chi connectivity index (χ0n) is 6.12. The van der Waals surface area contributed by atoms with Gasteiger partial charge in [0.15, 0.2) is 0 Å². The maximum absolute atomic E-state index is 12.6. The summed E-state index contributed by atoms with van der Waals surface area (Å²) in [6.45, 7) is 0. The largest absolute Gasteiger partial charge is 0.480 e. The molecule has 4 N–H and O–H groups in total. The fourth-order valence-electron chi connectivity index (χ4n) is 0.745. The average Bonchev–Trinajstić information content (AvgIpc) is 2.36. The summed E-state index contributed by atoms with van der Waals surface area (Å²) in [5.74, 6) is -1.80. The van der Waals surface area contributed by atoms with Crippen LogP contribution >= 0.6 is 0 Å². The maximum Gasteiger partial charge on any atom is 0.320 e. The van der Waals surface area contributed by atoms with Gasteiger partial charge in [-0.2, -0.15) is 4.39 Å². The topological polar surface area (TPSA) is 92.0 Å². The molecule has 1 aromatic rings. The van der Waals surface area contributed by atoms with Gasteiger partial charge in [-0.25, -0.2) is 4.98 Å². The Labute approximate surface area is 67.4 Å². The van der Waals surface area contributed by atoms with Gasteiger partial charge in [0.25, 0.3) is 0 Å². The summed E-state index contributed by atoms with van der Waals surface area (Å²) in [7, 11) is 0. The van der Waals surface area contributed by atoms with Crippen molar-refractivity contribution in [1.29, 1.82) is 0 Å². The van der Waals surface area contributed by atoms with Crippen molar-refractivity contribution in [1.82, 2.24) is 9.97 Å². The molecule has 1 heterocycles. The van der Waals surface area contributed by atoms with Crippen LogP contribution in [0, 0.1) is 5.95 Å². The molecule has 0 aliphatic carbocycles. The number of aromatic nitrogens is 2. The van der Waals surface area contributed by atoms with Gasteiger partial charge in [0, 0.05) is 6.42 Å². The summed E-state index contributed by atoms with van der Waals surface area (Å²) in [5.41, 5.74) is 5.20. The third-order valence-corrected chi connectivity index (χ3v) is 1.40. The second kappa shape index (κ2) is 3.31. The van der Waals surface area contributed by atoms with E-state index in [1.165, 1.54) is 0 Å². The summed E-state index contributed by atoms with van der Waals surface area (Å²) >= 11 is 0. The number of carbonyl (C=O) groups is 1. The second-order valence-electron chi connectivity index (χ2n) is 2.31. The van der Waals surface area contributed by atoms with E-state index < -0.39 is 18.0 Å². The third-order valence-electron chi connectivity index (χ3n) is 1.40. The van der Waals surface area contributed by atoms with Crippen LogP contribution in [0.2, 0.25) is 0 Å². The summed E-state index contributed by atoms with van der Waals surface area (Å²) in [4.78, 5) is 16.0. The molecule has 1 rings (SSSR count). The first-order valence-corrected chi connectivity index (χ1v) is 3.27. The number of halogens is 1. The Bertz CT molecular complexity index is 286. The number of hydrogen-bond acceptors (Lipinski definition) is 3. The Hall–Kier alpha value is -1.43. The van der Waals surface area contributed by atoms with Crippen molar-refractivity contribution in [2.24, 2.45) is 5.73 Å². The molecule has 0 radical (unpaired) electrons. The van der Waals surface area contributed by atoms with E-state index >= 15 is 0 Å². The van der Waals surface area contributed by atoms with Crippen LogP contribution in [-0.4, -0.2) is 27.1 Å². The Morgan fingerprint density at radius 1 is 1.92 bits per heavy atom. The van der Waals surface area contributed by atoms with E-state index in [9.17, 15) is 9.18 Å². The van der Waals surface area contributed by atoms with E-state index in [1.807, 2.05) is 0 Å². The van der Waals surface area contributed by atoms with E-state index in [-0.39, 0.29) is 12.1 Å². The summed E-state index contributed by atoms with van der Waals surface area (Å²) < 4.78 is 12.6. The normalized spacial score (nSPS) is 12.8. The highest BCUT2D eigenvalue weighted by Crippen LogP contribution is 2.02. The van der Waals surface area contributed by atoms with Crippen molar-refractivity contribution in [3.63, 3.8) is 0 Å². The zero-order chi connectivity index (χ0) is 9.14. The molecule has 1 atom stereocenters. The highest BCUT2D eigenvalue weighted by atomic mass is 19.1. The summed E-state index contributed by atoms with van der Waals surface area (Å²) in [5, 5.41) is 8.39. The number of H-pyrrole nitrogens is 1. The standard InChI is InChI=1S/C6H8FN3O2/c7-5-4(9-2-10-5)1-3(8)6(11)12/h2-3H,1,8H2,(H,9,10)(H,11,12). The molecular weight excluding hydrogens is 165 g/mol. The quantitative estimate of drug-likeness (QED) is 0.574. The minimum absolute atomic E-state index is 0.0462. The number of nitrogens with one attached hydrogen (secondary N) is 1. The molecule has 0 fully saturated rings. The minimum Gasteiger partial charge on any atom is -0.480 e. The molecule has 66 valence electrons. The van der Waals surface area contributed by atoms with Crippen LogP contribution in [0.5, 0.6) is 0 Å². The highest BCUT2D eigenvalue weighted by Gasteiger charge is 2.15. The van der Waals surface area contributed by atoms with Crippen molar-refractivity contribution in [3.05, 3.63) is 18.0 Å². The fourth-order valence-corrected chi connectivity index (χ4v) is 0.745. The molecule has 0 aliphatic heterocycles. The van der Waals surface area contributed by atoms with Crippen LogP contribution in [-0.2, 0) is 11.2 Å². The fraction of sp³-hybridized carbons (Fsp3) is 0.333. The average molecular weight is 173 g/mol. The lowest BCUT2D eigenvalue weighted by Gasteiger charge is -2.02. The van der Waals surface area contributed by atoms with Crippen molar-refractivity contribution < 1.29 is 14.3 Å². The first kappa shape index (κ1) is 8.66. The molecule has 5 nitrogen and oxygen atoms in total. The molecule has 6 heteroatoms. The Morgan fingerprint density at radius 3 is 3.00 bits per heavy atom. The number of aliphatic carboxylic acids is 1. The van der Waals surface area contributed by atoms with Gasteiger partial charge in [-0.05, 0) is 0 Å². The molecule has 1 unspecified atom stereocenters. The number of rotatable bonds is 3. The maximum atomic E-state index is 12.6. The lowest BCUT2D eigenvalue weighted by atomic mass is 10.2. The van der Waals surface area contributed by atoms with E-state index in [0.29, 0.717) is 0 Å². The SMILES string of the molecule is NC(Cc1nc[nH]c1F)C(=O)O. The number of carboxylic acids is 1. The van der Waals surface area contributed by atoms with E-state index in [4.69, 9.17) is 10.8 Å². The van der Waals surface area contributed by atoms with E-state index in [2.05, 4.69) is 9.97 Å². The number of nitrogens with two attached hydrogens (primary N) is 1. The zero-order valence-corrected chi connectivity index (χ0v) is 6.12. The molecule has 0 saturated carbocycles. The molecule has 0 spiro atoms. The number of imidazole rings is 1. The van der Waals surface area contributed by atoms with Gasteiger partial charge in [-0.15, -0.1) is 0 Å². The van der Waals surface area contributed by atoms with Gasteiger partial charge in [0.05, 0.1) is 12.0 Å². The van der Waals surface area contributed by atoms with Crippen LogP contribution in [0.25, 0.3) is 0 Å². The van der Waals surface area contributed by atoms with Crippen molar-refractivity contribution in [2.45, 2.75) is 12.5 Å². The van der Waals surface area contributed by atoms with Gasteiger partial charge < -0.3 is 15.8 Å². The smallest absolute Gasteiger partial charge is 0.320 e. The molecule has 0 aromatic carbocycles. The second-order valence-corrected chi connectivity index (χ2v) is 2.31. The van der Waals surface area contributed by atoms with Gasteiger partial charge in [-0.1, -0.05) is 0 Å². The predicted octanol–water partition coefficient (Wildman–Crippen LogP) is -0.497. The molecule has 0 aliphatic rings. The molecular formula is C6H8FN3O2. The van der Waals surface area contributed by atoms with Gasteiger partial charge in [-0.3, -0.25) is 4.79 Å². The molecule has 1 aromatic heterocycles.